The topological polar surface area (TPSA) is 109 Å². The van der Waals surface area contributed by atoms with E-state index in [0.717, 1.165) is 6.26 Å². The van der Waals surface area contributed by atoms with Gasteiger partial charge in [-0.15, -0.1) is 0 Å². The van der Waals surface area contributed by atoms with Crippen LogP contribution in [0.5, 0.6) is 0 Å². The van der Waals surface area contributed by atoms with Crippen molar-refractivity contribution in [2.75, 3.05) is 19.3 Å². The van der Waals surface area contributed by atoms with E-state index in [2.05, 4.69) is 5.32 Å². The molecule has 0 saturated heterocycles. The molecule has 0 aliphatic carbocycles. The molecule has 0 aliphatic rings. The van der Waals surface area contributed by atoms with Crippen LogP contribution in [0.15, 0.2) is 29.2 Å². The second-order valence-corrected chi connectivity index (χ2v) is 6.29. The first-order valence-electron chi connectivity index (χ1n) is 5.78. The highest BCUT2D eigenvalue weighted by Crippen LogP contribution is 2.15. The molecule has 0 aliphatic heterocycles. The van der Waals surface area contributed by atoms with E-state index in [0.29, 0.717) is 12.1 Å². The van der Waals surface area contributed by atoms with Crippen LogP contribution in [0.3, 0.4) is 0 Å². The molecule has 19 heavy (non-hydrogen) atoms. The van der Waals surface area contributed by atoms with E-state index in [4.69, 9.17) is 5.73 Å². The third-order valence-electron chi connectivity index (χ3n) is 2.58. The van der Waals surface area contributed by atoms with E-state index in [1.54, 1.807) is 12.1 Å². The molecule has 0 radical (unpaired) electrons. The Morgan fingerprint density at radius 1 is 1.37 bits per heavy atom. The van der Waals surface area contributed by atoms with Gasteiger partial charge in [0, 0.05) is 25.8 Å². The summed E-state index contributed by atoms with van der Waals surface area (Å²) in [4.78, 5) is 10.7. The van der Waals surface area contributed by atoms with E-state index in [1.807, 2.05) is 0 Å². The maximum atomic E-state index is 11.3. The zero-order valence-electron chi connectivity index (χ0n) is 10.7. The lowest BCUT2D eigenvalue weighted by Gasteiger charge is -2.12. The maximum Gasteiger partial charge on any atom is 0.218 e. The first-order valence-corrected chi connectivity index (χ1v) is 7.67. The Morgan fingerprint density at radius 3 is 2.42 bits per heavy atom. The van der Waals surface area contributed by atoms with Crippen molar-refractivity contribution in [1.29, 1.82) is 0 Å². The average molecular weight is 286 g/mol. The van der Waals surface area contributed by atoms with Crippen molar-refractivity contribution < 1.29 is 18.3 Å². The van der Waals surface area contributed by atoms with Crippen molar-refractivity contribution in [2.24, 2.45) is 5.73 Å². The molecule has 1 atom stereocenters. The summed E-state index contributed by atoms with van der Waals surface area (Å²) in [6.07, 6.45) is 0.574. The number of carbonyl (C=O) groups is 1. The molecule has 0 aromatic heterocycles. The standard InChI is InChI=1S/C12H18N2O4S/c1-19(17,18)10-4-2-9(3-5-10)11(15)8-14-7-6-12(13)16/h2-5,11,14-15H,6-8H2,1H3,(H2,13,16). The highest BCUT2D eigenvalue weighted by molar-refractivity contribution is 7.90. The summed E-state index contributed by atoms with van der Waals surface area (Å²) in [5, 5.41) is 12.7. The molecule has 1 aromatic carbocycles. The monoisotopic (exact) mass is 286 g/mol. The first-order chi connectivity index (χ1) is 8.80. The minimum Gasteiger partial charge on any atom is -0.387 e. The number of sulfone groups is 1. The molecule has 106 valence electrons. The molecule has 7 heteroatoms. The van der Waals surface area contributed by atoms with E-state index in [1.165, 1.54) is 12.1 Å². The van der Waals surface area contributed by atoms with Gasteiger partial charge in [-0.05, 0) is 17.7 Å². The smallest absolute Gasteiger partial charge is 0.218 e. The van der Waals surface area contributed by atoms with Gasteiger partial charge < -0.3 is 16.2 Å². The van der Waals surface area contributed by atoms with Crippen LogP contribution in [0.2, 0.25) is 0 Å². The minimum atomic E-state index is -3.22. The number of primary amides is 1. The zero-order chi connectivity index (χ0) is 14.5. The fourth-order valence-electron chi connectivity index (χ4n) is 1.51. The average Bonchev–Trinajstić information content (AvgIpc) is 2.33. The zero-order valence-corrected chi connectivity index (χ0v) is 11.5. The number of amides is 1. The maximum absolute atomic E-state index is 11.3. The fourth-order valence-corrected chi connectivity index (χ4v) is 2.14. The number of rotatable bonds is 7. The Kier molecular flexibility index (Phi) is 5.46. The van der Waals surface area contributed by atoms with Gasteiger partial charge in [0.25, 0.3) is 0 Å². The minimum absolute atomic E-state index is 0.208. The molecule has 0 fully saturated rings. The molecular weight excluding hydrogens is 268 g/mol. The summed E-state index contributed by atoms with van der Waals surface area (Å²) in [5.41, 5.74) is 5.59. The van der Waals surface area contributed by atoms with Crippen LogP contribution in [0, 0.1) is 0 Å². The summed E-state index contributed by atoms with van der Waals surface area (Å²) in [6.45, 7) is 0.666. The number of benzene rings is 1. The number of hydrogen-bond donors (Lipinski definition) is 3. The second kappa shape index (κ2) is 6.65. The van der Waals surface area contributed by atoms with Gasteiger partial charge in [-0.2, -0.15) is 0 Å². The van der Waals surface area contributed by atoms with Crippen molar-refractivity contribution in [3.63, 3.8) is 0 Å². The third-order valence-corrected chi connectivity index (χ3v) is 3.71. The molecule has 1 rings (SSSR count). The molecule has 0 bridgehead atoms. The van der Waals surface area contributed by atoms with Crippen molar-refractivity contribution >= 4 is 15.7 Å². The summed E-state index contributed by atoms with van der Waals surface area (Å²) in [6, 6.07) is 6.04. The van der Waals surface area contributed by atoms with Gasteiger partial charge >= 0.3 is 0 Å². The van der Waals surface area contributed by atoms with Gasteiger partial charge in [-0.25, -0.2) is 8.42 Å². The molecule has 1 amide bonds. The third kappa shape index (κ3) is 5.37. The van der Waals surface area contributed by atoms with Gasteiger partial charge in [0.2, 0.25) is 5.91 Å². The molecule has 6 nitrogen and oxygen atoms in total. The first kappa shape index (κ1) is 15.6. The Balaban J connectivity index is 2.54. The van der Waals surface area contributed by atoms with Crippen LogP contribution in [0.25, 0.3) is 0 Å². The molecule has 0 spiro atoms. The van der Waals surface area contributed by atoms with Gasteiger partial charge in [0.1, 0.15) is 0 Å². The summed E-state index contributed by atoms with van der Waals surface area (Å²) < 4.78 is 22.5. The lowest BCUT2D eigenvalue weighted by Crippen LogP contribution is -2.26. The second-order valence-electron chi connectivity index (χ2n) is 4.28. The number of aliphatic hydroxyl groups is 1. The fraction of sp³-hybridized carbons (Fsp3) is 0.417. The Hall–Kier alpha value is -1.44. The number of aliphatic hydroxyl groups excluding tert-OH is 1. The van der Waals surface area contributed by atoms with Gasteiger partial charge in [-0.3, -0.25) is 4.79 Å². The highest BCUT2D eigenvalue weighted by Gasteiger charge is 2.10. The Labute approximate surface area is 112 Å². The predicted octanol–water partition coefficient (Wildman–Crippen LogP) is -0.411. The molecule has 4 N–H and O–H groups in total. The number of nitrogens with one attached hydrogen (secondary N) is 1. The van der Waals surface area contributed by atoms with E-state index < -0.39 is 21.8 Å². The van der Waals surface area contributed by atoms with Crippen LogP contribution >= 0.6 is 0 Å². The summed E-state index contributed by atoms with van der Waals surface area (Å²) in [7, 11) is -3.22. The number of carbonyl (C=O) groups excluding carboxylic acids is 1. The molecule has 1 unspecified atom stereocenters. The molecule has 0 heterocycles. The van der Waals surface area contributed by atoms with Gasteiger partial charge in [0.05, 0.1) is 11.0 Å². The van der Waals surface area contributed by atoms with Crippen LogP contribution in [0.4, 0.5) is 0 Å². The van der Waals surface area contributed by atoms with Gasteiger partial charge in [-0.1, -0.05) is 12.1 Å². The van der Waals surface area contributed by atoms with Crippen molar-refractivity contribution in [1.82, 2.24) is 5.32 Å². The number of nitrogens with two attached hydrogens (primary N) is 1. The lowest BCUT2D eigenvalue weighted by molar-refractivity contribution is -0.117. The Bertz CT molecular complexity index is 525. The molecule has 0 saturated carbocycles. The largest absolute Gasteiger partial charge is 0.387 e. The Morgan fingerprint density at radius 2 is 1.95 bits per heavy atom. The van der Waals surface area contributed by atoms with E-state index in [-0.39, 0.29) is 17.9 Å². The van der Waals surface area contributed by atoms with Crippen LogP contribution in [0.1, 0.15) is 18.1 Å². The van der Waals surface area contributed by atoms with Gasteiger partial charge in [0.15, 0.2) is 9.84 Å². The van der Waals surface area contributed by atoms with Crippen LogP contribution < -0.4 is 11.1 Å². The highest BCUT2D eigenvalue weighted by atomic mass is 32.2. The van der Waals surface area contributed by atoms with Crippen molar-refractivity contribution in [3.05, 3.63) is 29.8 Å². The SMILES string of the molecule is CS(=O)(=O)c1ccc(C(O)CNCCC(N)=O)cc1. The summed E-state index contributed by atoms with van der Waals surface area (Å²) in [5.74, 6) is -0.403. The van der Waals surface area contributed by atoms with E-state index >= 15 is 0 Å². The predicted molar refractivity (Wildman–Crippen MR) is 71.2 cm³/mol. The number of hydrogen-bond acceptors (Lipinski definition) is 5. The van der Waals surface area contributed by atoms with Crippen molar-refractivity contribution in [2.45, 2.75) is 17.4 Å². The van der Waals surface area contributed by atoms with Crippen LogP contribution in [-0.4, -0.2) is 38.8 Å². The van der Waals surface area contributed by atoms with Crippen LogP contribution in [-0.2, 0) is 14.6 Å². The molecule has 1 aromatic rings. The quantitative estimate of drug-likeness (QED) is 0.590. The van der Waals surface area contributed by atoms with Crippen molar-refractivity contribution in [3.8, 4) is 0 Å². The molecular formula is C12H18N2O4S. The lowest BCUT2D eigenvalue weighted by atomic mass is 10.1. The van der Waals surface area contributed by atoms with E-state index in [9.17, 15) is 18.3 Å². The summed E-state index contributed by atoms with van der Waals surface area (Å²) >= 11 is 0. The normalized spacial score (nSPS) is 13.2.